The van der Waals surface area contributed by atoms with Crippen molar-refractivity contribution in [3.05, 3.63) is 0 Å². The molecule has 0 radical (unpaired) electrons. The predicted octanol–water partition coefficient (Wildman–Crippen LogP) is -5.25. The third kappa shape index (κ3) is 4.31. The number of carbonyl (C=O) groups excluding carboxylic acids is 1. The van der Waals surface area contributed by atoms with E-state index in [9.17, 15) is 35.4 Å². The molecule has 0 bridgehead atoms. The van der Waals surface area contributed by atoms with E-state index in [1.807, 2.05) is 0 Å². The lowest BCUT2D eigenvalue weighted by molar-refractivity contribution is -0.300. The van der Waals surface area contributed by atoms with Gasteiger partial charge in [0.05, 0.1) is 13.2 Å². The van der Waals surface area contributed by atoms with Crippen molar-refractivity contribution in [3.8, 4) is 0 Å². The molecule has 0 aromatic carbocycles. The summed E-state index contributed by atoms with van der Waals surface area (Å²) in [6.45, 7) is -0.236. The van der Waals surface area contributed by atoms with Crippen LogP contribution < -0.4 is 5.32 Å². The minimum atomic E-state index is -1.63. The minimum absolute atomic E-state index is 0.559. The monoisotopic (exact) mass is 383 g/mol. The Morgan fingerprint density at radius 3 is 2.31 bits per heavy atom. The maximum absolute atomic E-state index is 11.2. The Labute approximate surface area is 148 Å². The fourth-order valence-corrected chi connectivity index (χ4v) is 3.00. The number of hydrogen-bond acceptors (Lipinski definition) is 11. The molecule has 0 aliphatic carbocycles. The second kappa shape index (κ2) is 8.84. The zero-order valence-corrected chi connectivity index (χ0v) is 14.0. The van der Waals surface area contributed by atoms with Gasteiger partial charge in [0.1, 0.15) is 48.8 Å². The predicted molar refractivity (Wildman–Crippen MR) is 80.2 cm³/mol. The number of carbonyl (C=O) groups is 1. The molecule has 2 rings (SSSR count). The van der Waals surface area contributed by atoms with Gasteiger partial charge in [-0.3, -0.25) is 4.79 Å². The van der Waals surface area contributed by atoms with Crippen LogP contribution in [-0.4, -0.2) is 116 Å². The van der Waals surface area contributed by atoms with Crippen molar-refractivity contribution < 1.29 is 54.8 Å². The third-order valence-corrected chi connectivity index (χ3v) is 4.36. The normalized spacial score (nSPS) is 44.7. The molecule has 2 aliphatic rings. The minimum Gasteiger partial charge on any atom is -0.394 e. The number of rotatable bonds is 6. The van der Waals surface area contributed by atoms with Crippen LogP contribution in [0.5, 0.6) is 0 Å². The first-order valence-electron chi connectivity index (χ1n) is 8.06. The molecule has 2 fully saturated rings. The molecule has 12 heteroatoms. The van der Waals surface area contributed by atoms with E-state index in [4.69, 9.17) is 19.3 Å². The first kappa shape index (κ1) is 21.4. The van der Waals surface area contributed by atoms with Gasteiger partial charge in [-0.1, -0.05) is 0 Å². The average Bonchev–Trinajstić information content (AvgIpc) is 2.88. The van der Waals surface area contributed by atoms with Crippen molar-refractivity contribution >= 4 is 5.91 Å². The fraction of sp³-hybridized carbons (Fsp3) is 0.929. The summed E-state index contributed by atoms with van der Waals surface area (Å²) in [5, 5.41) is 70.4. The summed E-state index contributed by atoms with van der Waals surface area (Å²) in [6, 6.07) is -1.28. The summed E-state index contributed by atoms with van der Waals surface area (Å²) in [6.07, 6.45) is -13.3. The van der Waals surface area contributed by atoms with Crippen molar-refractivity contribution in [1.29, 1.82) is 0 Å². The van der Waals surface area contributed by atoms with Crippen LogP contribution in [0.2, 0.25) is 0 Å². The summed E-state index contributed by atoms with van der Waals surface area (Å²) in [4.78, 5) is 11.2. The van der Waals surface area contributed by atoms with Crippen LogP contribution in [0.4, 0.5) is 0 Å². The number of ether oxygens (including phenoxy) is 3. The first-order chi connectivity index (χ1) is 12.2. The van der Waals surface area contributed by atoms with Gasteiger partial charge in [0.25, 0.3) is 0 Å². The van der Waals surface area contributed by atoms with E-state index in [0.29, 0.717) is 0 Å². The Balaban J connectivity index is 2.13. The highest BCUT2D eigenvalue weighted by atomic mass is 16.7. The van der Waals surface area contributed by atoms with Gasteiger partial charge >= 0.3 is 0 Å². The largest absolute Gasteiger partial charge is 0.394 e. The van der Waals surface area contributed by atoms with Crippen LogP contribution in [0.25, 0.3) is 0 Å². The Hall–Kier alpha value is -0.930. The zero-order valence-electron chi connectivity index (χ0n) is 14.0. The van der Waals surface area contributed by atoms with E-state index in [1.54, 1.807) is 0 Å². The molecule has 0 aromatic heterocycles. The quantitative estimate of drug-likeness (QED) is 0.218. The molecule has 2 aliphatic heterocycles. The SMILES string of the molecule is CC(=O)N[C@@H]1[C@@H](O)[C@H](O[C@@H]2O[C@@H](C(O)CO)[C@H](O)[C@H]2O)[C@@H](CO)O[C@@H]1O. The van der Waals surface area contributed by atoms with Gasteiger partial charge in [-0.05, 0) is 0 Å². The number of amides is 1. The molecule has 0 saturated carbocycles. The lowest BCUT2D eigenvalue weighted by Crippen LogP contribution is -2.65. The fourth-order valence-electron chi connectivity index (χ4n) is 3.00. The Morgan fingerprint density at radius 2 is 1.77 bits per heavy atom. The van der Waals surface area contributed by atoms with Gasteiger partial charge in [0.15, 0.2) is 12.6 Å². The van der Waals surface area contributed by atoms with E-state index in [-0.39, 0.29) is 0 Å². The van der Waals surface area contributed by atoms with Gasteiger partial charge in [-0.15, -0.1) is 0 Å². The molecule has 1 unspecified atom stereocenters. The van der Waals surface area contributed by atoms with Gasteiger partial charge < -0.3 is 55.3 Å². The lowest BCUT2D eigenvalue weighted by Gasteiger charge is -2.43. The van der Waals surface area contributed by atoms with Gasteiger partial charge in [-0.25, -0.2) is 0 Å². The number of hydrogen-bond donors (Lipinski definition) is 8. The van der Waals surface area contributed by atoms with Crippen LogP contribution >= 0.6 is 0 Å². The van der Waals surface area contributed by atoms with Crippen molar-refractivity contribution in [2.24, 2.45) is 0 Å². The molecule has 2 saturated heterocycles. The number of aliphatic hydroxyl groups excluding tert-OH is 7. The smallest absolute Gasteiger partial charge is 0.217 e. The molecule has 1 amide bonds. The molecule has 0 aromatic rings. The lowest BCUT2D eigenvalue weighted by atomic mass is 9.96. The highest BCUT2D eigenvalue weighted by Gasteiger charge is 2.51. The highest BCUT2D eigenvalue weighted by Crippen LogP contribution is 2.30. The van der Waals surface area contributed by atoms with E-state index in [1.165, 1.54) is 0 Å². The second-order valence-electron chi connectivity index (χ2n) is 6.27. The zero-order chi connectivity index (χ0) is 19.6. The molecule has 10 atom stereocenters. The van der Waals surface area contributed by atoms with Gasteiger partial charge in [-0.2, -0.15) is 0 Å². The Bertz CT molecular complexity index is 480. The van der Waals surface area contributed by atoms with Crippen LogP contribution in [0.3, 0.4) is 0 Å². The van der Waals surface area contributed by atoms with Gasteiger partial charge in [0.2, 0.25) is 5.91 Å². The van der Waals surface area contributed by atoms with Crippen LogP contribution in [0, 0.1) is 0 Å². The summed E-state index contributed by atoms with van der Waals surface area (Å²) in [5.74, 6) is -0.559. The Kier molecular flexibility index (Phi) is 7.27. The second-order valence-corrected chi connectivity index (χ2v) is 6.27. The van der Waals surface area contributed by atoms with Crippen LogP contribution in [-0.2, 0) is 19.0 Å². The molecular formula is C14H25NO11. The van der Waals surface area contributed by atoms with E-state index in [0.717, 1.165) is 6.92 Å². The summed E-state index contributed by atoms with van der Waals surface area (Å²) < 4.78 is 15.7. The van der Waals surface area contributed by atoms with Gasteiger partial charge in [0, 0.05) is 6.92 Å². The van der Waals surface area contributed by atoms with E-state index < -0.39 is 80.5 Å². The Morgan fingerprint density at radius 1 is 1.12 bits per heavy atom. The van der Waals surface area contributed by atoms with Crippen LogP contribution in [0.15, 0.2) is 0 Å². The van der Waals surface area contributed by atoms with Crippen molar-refractivity contribution in [3.63, 3.8) is 0 Å². The molecule has 0 spiro atoms. The summed E-state index contributed by atoms with van der Waals surface area (Å²) in [7, 11) is 0. The maximum Gasteiger partial charge on any atom is 0.217 e. The van der Waals surface area contributed by atoms with Crippen molar-refractivity contribution in [2.75, 3.05) is 13.2 Å². The topological polar surface area (TPSA) is 198 Å². The van der Waals surface area contributed by atoms with E-state index >= 15 is 0 Å². The molecule has 26 heavy (non-hydrogen) atoms. The standard InChI is InChI=1S/C14H25NO11/c1-4(18)15-7-8(20)12(6(3-17)24-13(7)23)26-14-10(22)9(21)11(25-14)5(19)2-16/h5-14,16-17,19-23H,2-3H2,1H3,(H,15,18)/t5?,6-,7-,8-,9-,10-,11+,12-,13+,14+/m1/s1. The third-order valence-electron chi connectivity index (χ3n) is 4.36. The molecule has 8 N–H and O–H groups in total. The number of nitrogens with one attached hydrogen (secondary N) is 1. The van der Waals surface area contributed by atoms with Crippen LogP contribution in [0.1, 0.15) is 6.92 Å². The summed E-state index contributed by atoms with van der Waals surface area (Å²) in [5.41, 5.74) is 0. The average molecular weight is 383 g/mol. The molecule has 12 nitrogen and oxygen atoms in total. The summed E-state index contributed by atoms with van der Waals surface area (Å²) >= 11 is 0. The maximum atomic E-state index is 11.2. The highest BCUT2D eigenvalue weighted by molar-refractivity contribution is 5.73. The van der Waals surface area contributed by atoms with Crippen molar-refractivity contribution in [1.82, 2.24) is 5.32 Å². The number of aliphatic hydroxyl groups is 7. The molecule has 2 heterocycles. The van der Waals surface area contributed by atoms with E-state index in [2.05, 4.69) is 5.32 Å². The molecular weight excluding hydrogens is 358 g/mol. The molecule has 152 valence electrons. The first-order valence-corrected chi connectivity index (χ1v) is 8.06. The van der Waals surface area contributed by atoms with Crippen molar-refractivity contribution in [2.45, 2.75) is 68.3 Å².